The molecule has 2 aromatic rings. The molecule has 4 heterocycles. The molecule has 0 bridgehead atoms. The summed E-state index contributed by atoms with van der Waals surface area (Å²) in [5.74, 6) is 0.968. The van der Waals surface area contributed by atoms with Gasteiger partial charge in [0.2, 0.25) is 5.95 Å². The van der Waals surface area contributed by atoms with Gasteiger partial charge in [0.25, 0.3) is 0 Å². The number of anilines is 1. The van der Waals surface area contributed by atoms with Crippen molar-refractivity contribution in [1.29, 1.82) is 0 Å². The van der Waals surface area contributed by atoms with Gasteiger partial charge in [-0.3, -0.25) is 0 Å². The number of aliphatic hydroxyl groups is 1. The number of rotatable bonds is 4. The van der Waals surface area contributed by atoms with Crippen molar-refractivity contribution in [3.63, 3.8) is 0 Å². The molecule has 2 aliphatic rings. The maximum absolute atomic E-state index is 10.1. The lowest BCUT2D eigenvalue weighted by molar-refractivity contribution is -0.0136. The Morgan fingerprint density at radius 2 is 2.11 bits per heavy atom. The summed E-state index contributed by atoms with van der Waals surface area (Å²) >= 11 is 7.90. The molecule has 0 aromatic carbocycles. The van der Waals surface area contributed by atoms with E-state index in [1.165, 1.54) is 17.2 Å². The van der Waals surface area contributed by atoms with Crippen LogP contribution >= 0.6 is 23.1 Å². The summed E-state index contributed by atoms with van der Waals surface area (Å²) in [4.78, 5) is 12.3. The lowest BCUT2D eigenvalue weighted by atomic mass is 9.91. The van der Waals surface area contributed by atoms with Gasteiger partial charge in [0.05, 0.1) is 40.5 Å². The minimum Gasteiger partial charge on any atom is -0.389 e. The molecule has 4 rings (SSSR count). The average molecular weight is 424 g/mol. The van der Waals surface area contributed by atoms with Gasteiger partial charge in [0.15, 0.2) is 0 Å². The van der Waals surface area contributed by atoms with Gasteiger partial charge in [-0.2, -0.15) is 4.37 Å². The molecule has 0 amide bonds. The molecule has 2 aromatic heterocycles. The van der Waals surface area contributed by atoms with Gasteiger partial charge in [0, 0.05) is 12.5 Å². The van der Waals surface area contributed by atoms with Crippen molar-refractivity contribution < 1.29 is 9.84 Å². The largest absolute Gasteiger partial charge is 0.389 e. The van der Waals surface area contributed by atoms with Gasteiger partial charge < -0.3 is 20.1 Å². The Labute approximate surface area is 174 Å². The first kappa shape index (κ1) is 20.0. The molecule has 0 saturated carbocycles. The normalized spacial score (nSPS) is 24.4. The van der Waals surface area contributed by atoms with Gasteiger partial charge in [-0.25, -0.2) is 9.97 Å². The fraction of sp³-hybridized carbons (Fsp3) is 0.632. The number of ether oxygens (including phenoxy) is 1. The van der Waals surface area contributed by atoms with Crippen molar-refractivity contribution in [2.24, 2.45) is 0 Å². The molecule has 2 saturated heterocycles. The van der Waals surface area contributed by atoms with Crippen LogP contribution in [0, 0.1) is 6.92 Å². The third-order valence-electron chi connectivity index (χ3n) is 5.67. The van der Waals surface area contributed by atoms with Gasteiger partial charge >= 0.3 is 0 Å². The van der Waals surface area contributed by atoms with Crippen LogP contribution in [-0.4, -0.2) is 69.8 Å². The zero-order valence-electron chi connectivity index (χ0n) is 16.2. The Kier molecular flexibility index (Phi) is 6.13. The lowest BCUT2D eigenvalue weighted by Gasteiger charge is -2.28. The number of piperidine rings is 1. The van der Waals surface area contributed by atoms with E-state index < -0.39 is 6.10 Å². The summed E-state index contributed by atoms with van der Waals surface area (Å²) in [6, 6.07) is -0.125. The van der Waals surface area contributed by atoms with Crippen LogP contribution in [0.4, 0.5) is 5.95 Å². The fourth-order valence-corrected chi connectivity index (χ4v) is 5.09. The second-order valence-corrected chi connectivity index (χ2v) is 8.85. The van der Waals surface area contributed by atoms with Gasteiger partial charge in [0.1, 0.15) is 5.69 Å². The first-order valence-corrected chi connectivity index (χ1v) is 10.9. The molecule has 152 valence electrons. The van der Waals surface area contributed by atoms with Crippen molar-refractivity contribution in [2.45, 2.75) is 44.2 Å². The quantitative estimate of drug-likeness (QED) is 0.782. The molecule has 9 heteroatoms. The highest BCUT2D eigenvalue weighted by molar-refractivity contribution is 7.09. The van der Waals surface area contributed by atoms with E-state index >= 15 is 0 Å². The predicted octanol–water partition coefficient (Wildman–Crippen LogP) is 2.93. The number of aliphatic hydroxyl groups excluding tert-OH is 1. The van der Waals surface area contributed by atoms with Crippen LogP contribution in [0.5, 0.6) is 0 Å². The van der Waals surface area contributed by atoms with Crippen LogP contribution in [0.1, 0.15) is 36.4 Å². The Balaban J connectivity index is 1.57. The zero-order valence-corrected chi connectivity index (χ0v) is 17.8. The molecule has 28 heavy (non-hydrogen) atoms. The highest BCUT2D eigenvalue weighted by atomic mass is 35.5. The number of nitrogens with zero attached hydrogens (tertiary/aromatic N) is 4. The van der Waals surface area contributed by atoms with Gasteiger partial charge in [-0.1, -0.05) is 11.6 Å². The van der Waals surface area contributed by atoms with E-state index in [0.29, 0.717) is 42.2 Å². The molecule has 2 aliphatic heterocycles. The third-order valence-corrected chi connectivity index (χ3v) is 6.91. The van der Waals surface area contributed by atoms with Crippen LogP contribution in [-0.2, 0) is 4.74 Å². The maximum Gasteiger partial charge on any atom is 0.223 e. The van der Waals surface area contributed by atoms with E-state index in [1.54, 1.807) is 6.20 Å². The monoisotopic (exact) mass is 423 g/mol. The van der Waals surface area contributed by atoms with Crippen molar-refractivity contribution in [3.8, 4) is 10.6 Å². The van der Waals surface area contributed by atoms with E-state index in [9.17, 15) is 5.11 Å². The van der Waals surface area contributed by atoms with Crippen LogP contribution in [0.15, 0.2) is 6.20 Å². The standard InChI is InChI=1S/C19H26ClN5O2S/c1-11-16(12-3-6-25(2)7-4-12)24-28-18(11)17-13(20)9-21-19(23-17)22-14-5-8-27-10-15(14)26/h9,12,14-15,26H,3-8,10H2,1-2H3,(H,21,22,23)/t14-,15-/m1/s1. The molecule has 2 N–H and O–H groups in total. The summed E-state index contributed by atoms with van der Waals surface area (Å²) in [7, 11) is 2.17. The summed E-state index contributed by atoms with van der Waals surface area (Å²) in [6.45, 7) is 5.26. The van der Waals surface area contributed by atoms with Gasteiger partial charge in [-0.05, 0) is 63.4 Å². The maximum atomic E-state index is 10.1. The van der Waals surface area contributed by atoms with Crippen LogP contribution in [0.3, 0.4) is 0 Å². The molecule has 0 unspecified atom stereocenters. The average Bonchev–Trinajstić information content (AvgIpc) is 3.07. The Hall–Kier alpha value is -1.32. The second-order valence-electron chi connectivity index (χ2n) is 7.67. The minimum atomic E-state index is -0.572. The van der Waals surface area contributed by atoms with E-state index in [2.05, 4.69) is 34.2 Å². The second kappa shape index (κ2) is 8.59. The van der Waals surface area contributed by atoms with Crippen molar-refractivity contribution in [3.05, 3.63) is 22.5 Å². The Morgan fingerprint density at radius 3 is 2.86 bits per heavy atom. The van der Waals surface area contributed by atoms with Crippen LogP contribution < -0.4 is 5.32 Å². The lowest BCUT2D eigenvalue weighted by Crippen LogP contribution is -2.42. The summed E-state index contributed by atoms with van der Waals surface area (Å²) < 4.78 is 10.0. The molecule has 0 radical (unpaired) electrons. The number of hydrogen-bond donors (Lipinski definition) is 2. The molecular weight excluding hydrogens is 398 g/mol. The summed E-state index contributed by atoms with van der Waals surface area (Å²) in [5, 5.41) is 13.8. The SMILES string of the molecule is Cc1c(C2CCN(C)CC2)nsc1-c1nc(N[C@@H]2CCOC[C@H]2O)ncc1Cl. The van der Waals surface area contributed by atoms with Crippen LogP contribution in [0.2, 0.25) is 5.02 Å². The molecule has 0 spiro atoms. The number of nitrogens with one attached hydrogen (secondary N) is 1. The van der Waals surface area contributed by atoms with E-state index in [1.807, 2.05) is 0 Å². The summed E-state index contributed by atoms with van der Waals surface area (Å²) in [5.41, 5.74) is 3.05. The van der Waals surface area contributed by atoms with E-state index in [0.717, 1.165) is 36.4 Å². The topological polar surface area (TPSA) is 83.4 Å². The van der Waals surface area contributed by atoms with E-state index in [4.69, 9.17) is 20.7 Å². The number of likely N-dealkylation sites (tertiary alicyclic amines) is 1. The zero-order chi connectivity index (χ0) is 19.7. The van der Waals surface area contributed by atoms with Crippen molar-refractivity contribution >= 4 is 29.1 Å². The fourth-order valence-electron chi connectivity index (χ4n) is 3.88. The van der Waals surface area contributed by atoms with Gasteiger partial charge in [-0.15, -0.1) is 0 Å². The number of hydrogen-bond acceptors (Lipinski definition) is 8. The minimum absolute atomic E-state index is 0.125. The highest BCUT2D eigenvalue weighted by Gasteiger charge is 2.27. The Bertz CT molecular complexity index is 825. The summed E-state index contributed by atoms with van der Waals surface area (Å²) in [6.07, 6.45) is 4.02. The Morgan fingerprint density at radius 1 is 1.32 bits per heavy atom. The molecule has 0 aliphatic carbocycles. The van der Waals surface area contributed by atoms with Crippen molar-refractivity contribution in [2.75, 3.05) is 38.7 Å². The number of aromatic nitrogens is 3. The molecule has 2 atom stereocenters. The van der Waals surface area contributed by atoms with E-state index in [-0.39, 0.29) is 6.04 Å². The predicted molar refractivity (Wildman–Crippen MR) is 111 cm³/mol. The smallest absolute Gasteiger partial charge is 0.223 e. The molecule has 2 fully saturated rings. The highest BCUT2D eigenvalue weighted by Crippen LogP contribution is 2.38. The molecule has 7 nitrogen and oxygen atoms in total. The van der Waals surface area contributed by atoms with Crippen LogP contribution in [0.25, 0.3) is 10.6 Å². The number of halogens is 1. The third kappa shape index (κ3) is 4.16. The first-order valence-electron chi connectivity index (χ1n) is 9.73. The van der Waals surface area contributed by atoms with Crippen molar-refractivity contribution in [1.82, 2.24) is 19.2 Å². The molecular formula is C19H26ClN5O2S. The first-order chi connectivity index (χ1) is 13.5.